The first-order chi connectivity index (χ1) is 20.9. The maximum absolute atomic E-state index is 13.8. The van der Waals surface area contributed by atoms with Crippen LogP contribution in [-0.2, 0) is 30.3 Å². The number of esters is 1. The number of aryl methyl sites for hydroxylation is 1. The van der Waals surface area contributed by atoms with E-state index in [1.54, 1.807) is 51.2 Å². The number of nitrogens with one attached hydrogen (secondary N) is 1. The molecule has 1 saturated heterocycles. The summed E-state index contributed by atoms with van der Waals surface area (Å²) < 4.78 is 17.0. The zero-order chi connectivity index (χ0) is 32.4. The lowest BCUT2D eigenvalue weighted by Gasteiger charge is -2.36. The molecule has 0 radical (unpaired) electrons. The van der Waals surface area contributed by atoms with E-state index in [-0.39, 0.29) is 12.5 Å². The van der Waals surface area contributed by atoms with Gasteiger partial charge in [-0.25, -0.2) is 4.79 Å². The van der Waals surface area contributed by atoms with Crippen molar-refractivity contribution in [2.24, 2.45) is 5.41 Å². The minimum atomic E-state index is -0.848. The molecule has 44 heavy (non-hydrogen) atoms. The number of benzene rings is 2. The van der Waals surface area contributed by atoms with Crippen LogP contribution in [0.4, 0.5) is 5.69 Å². The highest BCUT2D eigenvalue weighted by molar-refractivity contribution is 6.38. The number of hydrogen-bond acceptors (Lipinski definition) is 8. The molecule has 2 amide bonds. The molecular formula is C34H47N3O7. The lowest BCUT2D eigenvalue weighted by molar-refractivity contribution is -0.164. The van der Waals surface area contributed by atoms with Gasteiger partial charge in [-0.2, -0.15) is 0 Å². The molecule has 0 unspecified atom stereocenters. The standard InChI is InChI=1S/C34H47N3O7/c1-8-34(2,3)31(39)32(40)37-19-10-9-14-26(37)33(41)44-27(17-15-23-16-18-28(42-6)29(20-23)43-7)24-12-11-13-25(21-24)35-30(38)22-36(4)5/h11-13,16,18,20-21,26-27H,8-10,14-15,17,19,22H2,1-7H3,(H,35,38)/t26-,27+/m0/s1. The van der Waals surface area contributed by atoms with E-state index in [1.165, 1.54) is 4.90 Å². The number of hydrogen-bond donors (Lipinski definition) is 1. The molecule has 10 heteroatoms. The van der Waals surface area contributed by atoms with Gasteiger partial charge in [-0.15, -0.1) is 0 Å². The van der Waals surface area contributed by atoms with Gasteiger partial charge in [-0.05, 0) is 88.0 Å². The first kappa shape index (κ1) is 34.6. The van der Waals surface area contributed by atoms with E-state index < -0.39 is 35.2 Å². The fourth-order valence-corrected chi connectivity index (χ4v) is 5.15. The number of nitrogens with zero attached hydrogens (tertiary/aromatic N) is 2. The summed E-state index contributed by atoms with van der Waals surface area (Å²) in [6, 6.07) is 12.0. The molecule has 2 aromatic rings. The van der Waals surface area contributed by atoms with E-state index in [1.807, 2.05) is 45.3 Å². The number of ketones is 1. The molecule has 240 valence electrons. The van der Waals surface area contributed by atoms with Gasteiger partial charge in [0.05, 0.1) is 20.8 Å². The first-order valence-electron chi connectivity index (χ1n) is 15.2. The smallest absolute Gasteiger partial charge is 0.329 e. The van der Waals surface area contributed by atoms with Crippen molar-refractivity contribution in [3.8, 4) is 11.5 Å². The maximum atomic E-state index is 13.8. The topological polar surface area (TPSA) is 114 Å². The van der Waals surface area contributed by atoms with Crippen molar-refractivity contribution in [1.29, 1.82) is 0 Å². The normalized spacial score (nSPS) is 15.8. The Hall–Kier alpha value is -3.92. The van der Waals surface area contributed by atoms with Gasteiger partial charge in [0.1, 0.15) is 12.1 Å². The number of likely N-dealkylation sites (tertiary alicyclic amines) is 1. The van der Waals surface area contributed by atoms with Crippen molar-refractivity contribution in [2.75, 3.05) is 46.7 Å². The van der Waals surface area contributed by atoms with Crippen molar-refractivity contribution in [3.05, 3.63) is 53.6 Å². The summed E-state index contributed by atoms with van der Waals surface area (Å²) in [5.74, 6) is -0.623. The molecule has 2 atom stereocenters. The van der Waals surface area contributed by atoms with E-state index >= 15 is 0 Å². The second-order valence-electron chi connectivity index (χ2n) is 12.1. The van der Waals surface area contributed by atoms with E-state index in [9.17, 15) is 19.2 Å². The number of Topliss-reactive ketones (excluding diaryl/α,β-unsaturated/α-hetero) is 1. The lowest BCUT2D eigenvalue weighted by Crippen LogP contribution is -2.53. The van der Waals surface area contributed by atoms with Crippen LogP contribution < -0.4 is 14.8 Å². The number of anilines is 1. The monoisotopic (exact) mass is 609 g/mol. The number of ether oxygens (including phenoxy) is 3. The Morgan fingerprint density at radius 1 is 1.02 bits per heavy atom. The molecule has 1 aliphatic heterocycles. The lowest BCUT2D eigenvalue weighted by atomic mass is 9.84. The summed E-state index contributed by atoms with van der Waals surface area (Å²) in [7, 11) is 6.78. The molecule has 1 fully saturated rings. The third kappa shape index (κ3) is 9.05. The van der Waals surface area contributed by atoms with Gasteiger partial charge in [0, 0.05) is 17.6 Å². The summed E-state index contributed by atoms with van der Waals surface area (Å²) in [6.07, 6.45) is 2.70. The largest absolute Gasteiger partial charge is 0.493 e. The summed E-state index contributed by atoms with van der Waals surface area (Å²) in [5.41, 5.74) is 1.44. The summed E-state index contributed by atoms with van der Waals surface area (Å²) in [4.78, 5) is 55.8. The molecule has 1 aliphatic rings. The van der Waals surface area contributed by atoms with E-state index in [4.69, 9.17) is 14.2 Å². The fourth-order valence-electron chi connectivity index (χ4n) is 5.15. The molecule has 0 aromatic heterocycles. The Labute approximate surface area is 261 Å². The molecule has 3 rings (SSSR count). The van der Waals surface area contributed by atoms with E-state index in [0.29, 0.717) is 61.4 Å². The highest BCUT2D eigenvalue weighted by atomic mass is 16.5. The van der Waals surface area contributed by atoms with Crippen LogP contribution in [0.5, 0.6) is 11.5 Å². The minimum absolute atomic E-state index is 0.165. The van der Waals surface area contributed by atoms with Crippen molar-refractivity contribution < 1.29 is 33.4 Å². The Balaban J connectivity index is 1.88. The second kappa shape index (κ2) is 15.7. The molecule has 10 nitrogen and oxygen atoms in total. The highest BCUT2D eigenvalue weighted by Crippen LogP contribution is 2.32. The van der Waals surface area contributed by atoms with Gasteiger partial charge < -0.3 is 29.3 Å². The van der Waals surface area contributed by atoms with Gasteiger partial charge in [0.15, 0.2) is 11.5 Å². The maximum Gasteiger partial charge on any atom is 0.329 e. The predicted molar refractivity (Wildman–Crippen MR) is 169 cm³/mol. The van der Waals surface area contributed by atoms with Gasteiger partial charge in [-0.1, -0.05) is 39.0 Å². The molecule has 0 bridgehead atoms. The summed E-state index contributed by atoms with van der Waals surface area (Å²) >= 11 is 0. The van der Waals surface area contributed by atoms with Crippen LogP contribution in [-0.4, -0.2) is 80.8 Å². The summed E-state index contributed by atoms with van der Waals surface area (Å²) in [6.45, 7) is 5.92. The second-order valence-corrected chi connectivity index (χ2v) is 12.1. The molecule has 1 N–H and O–H groups in total. The Morgan fingerprint density at radius 3 is 2.41 bits per heavy atom. The number of carbonyl (C=O) groups is 4. The van der Waals surface area contributed by atoms with Crippen LogP contribution in [0.25, 0.3) is 0 Å². The Bertz CT molecular complexity index is 1320. The SMILES string of the molecule is CCC(C)(C)C(=O)C(=O)N1CCCC[C@H]1C(=O)O[C@H](CCc1ccc(OC)c(OC)c1)c1cccc(NC(=O)CN(C)C)c1. The molecular weight excluding hydrogens is 562 g/mol. The van der Waals surface area contributed by atoms with Crippen LogP contribution in [0.15, 0.2) is 42.5 Å². The van der Waals surface area contributed by atoms with Crippen molar-refractivity contribution in [3.63, 3.8) is 0 Å². The average molecular weight is 610 g/mol. The van der Waals surface area contributed by atoms with E-state index in [0.717, 1.165) is 12.0 Å². The van der Waals surface area contributed by atoms with Gasteiger partial charge in [-0.3, -0.25) is 14.4 Å². The van der Waals surface area contributed by atoms with Crippen LogP contribution in [0, 0.1) is 5.41 Å². The predicted octanol–water partition coefficient (Wildman–Crippen LogP) is 4.81. The molecule has 1 heterocycles. The Kier molecular flexibility index (Phi) is 12.3. The van der Waals surface area contributed by atoms with Crippen molar-refractivity contribution >= 4 is 29.3 Å². The Morgan fingerprint density at radius 2 is 1.75 bits per heavy atom. The molecule has 0 saturated carbocycles. The third-order valence-electron chi connectivity index (χ3n) is 8.13. The number of amides is 2. The van der Waals surface area contributed by atoms with Crippen LogP contribution in [0.1, 0.15) is 70.1 Å². The number of piperidine rings is 1. The number of likely N-dealkylation sites (N-methyl/N-ethyl adjacent to an activating group) is 1. The van der Waals surface area contributed by atoms with Crippen LogP contribution in [0.2, 0.25) is 0 Å². The summed E-state index contributed by atoms with van der Waals surface area (Å²) in [5, 5.41) is 2.90. The highest BCUT2D eigenvalue weighted by Gasteiger charge is 2.41. The molecule has 0 aliphatic carbocycles. The quantitative estimate of drug-likeness (QED) is 0.240. The molecule has 2 aromatic carbocycles. The first-order valence-corrected chi connectivity index (χ1v) is 15.2. The fraction of sp³-hybridized carbons (Fsp3) is 0.529. The van der Waals surface area contributed by atoms with Gasteiger partial charge in [0.25, 0.3) is 5.91 Å². The van der Waals surface area contributed by atoms with Crippen LogP contribution >= 0.6 is 0 Å². The zero-order valence-corrected chi connectivity index (χ0v) is 27.1. The van der Waals surface area contributed by atoms with E-state index in [2.05, 4.69) is 5.32 Å². The van der Waals surface area contributed by atoms with Crippen molar-refractivity contribution in [1.82, 2.24) is 9.80 Å². The van der Waals surface area contributed by atoms with Gasteiger partial charge in [0.2, 0.25) is 11.7 Å². The number of carbonyl (C=O) groups excluding carboxylic acids is 4. The molecule has 0 spiro atoms. The minimum Gasteiger partial charge on any atom is -0.493 e. The third-order valence-corrected chi connectivity index (χ3v) is 8.13. The zero-order valence-electron chi connectivity index (χ0n) is 27.1. The average Bonchev–Trinajstić information content (AvgIpc) is 3.01. The van der Waals surface area contributed by atoms with Crippen LogP contribution in [0.3, 0.4) is 0 Å². The number of methoxy groups -OCH3 is 2. The van der Waals surface area contributed by atoms with Gasteiger partial charge >= 0.3 is 5.97 Å². The number of rotatable bonds is 14. The van der Waals surface area contributed by atoms with Crippen molar-refractivity contribution in [2.45, 2.75) is 71.4 Å².